The van der Waals surface area contributed by atoms with Crippen molar-refractivity contribution >= 4 is 5.69 Å². The molecule has 0 fully saturated rings. The van der Waals surface area contributed by atoms with Gasteiger partial charge in [-0.1, -0.05) is 24.3 Å². The summed E-state index contributed by atoms with van der Waals surface area (Å²) in [6.07, 6.45) is 3.44. The van der Waals surface area contributed by atoms with Gasteiger partial charge in [-0.2, -0.15) is 5.26 Å². The van der Waals surface area contributed by atoms with E-state index in [1.807, 2.05) is 6.07 Å². The summed E-state index contributed by atoms with van der Waals surface area (Å²) in [5, 5.41) is 11.9. The van der Waals surface area contributed by atoms with Gasteiger partial charge in [0.2, 0.25) is 0 Å². The van der Waals surface area contributed by atoms with E-state index in [1.165, 1.54) is 23.6 Å². The number of nitriles is 1. The molecule has 0 aliphatic heterocycles. The average Bonchev–Trinajstić information content (AvgIpc) is 2.53. The van der Waals surface area contributed by atoms with Gasteiger partial charge in [-0.3, -0.25) is 0 Å². The van der Waals surface area contributed by atoms with Crippen LogP contribution in [-0.2, 0) is 6.42 Å². The molecule has 3 rings (SSSR count). The van der Waals surface area contributed by atoms with E-state index in [0.717, 1.165) is 19.4 Å². The number of nitrogens with zero attached hydrogens (tertiary/aromatic N) is 1. The highest BCUT2D eigenvalue weighted by atomic mass is 19.1. The molecule has 0 heterocycles. The van der Waals surface area contributed by atoms with Crippen LogP contribution in [0.3, 0.4) is 0 Å². The Morgan fingerprint density at radius 3 is 2.90 bits per heavy atom. The van der Waals surface area contributed by atoms with Crippen molar-refractivity contribution in [1.82, 2.24) is 0 Å². The molecule has 0 radical (unpaired) electrons. The normalized spacial score (nSPS) is 16.9. The van der Waals surface area contributed by atoms with Crippen molar-refractivity contribution in [3.8, 4) is 6.07 Å². The highest BCUT2D eigenvalue weighted by molar-refractivity contribution is 5.49. The van der Waals surface area contributed by atoms with Crippen molar-refractivity contribution in [3.05, 3.63) is 65.0 Å². The first-order chi connectivity index (χ1) is 10.3. The van der Waals surface area contributed by atoms with E-state index < -0.39 is 0 Å². The van der Waals surface area contributed by atoms with Crippen LogP contribution in [-0.4, -0.2) is 6.54 Å². The molecule has 106 valence electrons. The van der Waals surface area contributed by atoms with Gasteiger partial charge in [0.15, 0.2) is 0 Å². The SMILES string of the molecule is N#Cc1ccc(NCC2CCCc3ccccc32)c(F)c1. The lowest BCUT2D eigenvalue weighted by Crippen LogP contribution is -2.18. The number of nitrogens with one attached hydrogen (secondary N) is 1. The Bertz CT molecular complexity index is 688. The maximum Gasteiger partial charge on any atom is 0.147 e. The monoisotopic (exact) mass is 280 g/mol. The van der Waals surface area contributed by atoms with Gasteiger partial charge in [0.25, 0.3) is 0 Å². The lowest BCUT2D eigenvalue weighted by molar-refractivity contribution is 0.568. The van der Waals surface area contributed by atoms with Crippen molar-refractivity contribution in [2.45, 2.75) is 25.2 Å². The molecule has 21 heavy (non-hydrogen) atoms. The van der Waals surface area contributed by atoms with Crippen LogP contribution in [0.25, 0.3) is 0 Å². The minimum absolute atomic E-state index is 0.348. The third kappa shape index (κ3) is 2.90. The maximum absolute atomic E-state index is 13.9. The summed E-state index contributed by atoms with van der Waals surface area (Å²) in [4.78, 5) is 0. The number of halogens is 1. The first-order valence-corrected chi connectivity index (χ1v) is 7.29. The molecule has 1 atom stereocenters. The van der Waals surface area contributed by atoms with Crippen molar-refractivity contribution in [1.29, 1.82) is 5.26 Å². The second kappa shape index (κ2) is 5.97. The molecule has 2 aromatic carbocycles. The van der Waals surface area contributed by atoms with Crippen LogP contribution in [0.1, 0.15) is 35.4 Å². The van der Waals surface area contributed by atoms with E-state index in [1.54, 1.807) is 12.1 Å². The molecule has 0 bridgehead atoms. The molecule has 1 unspecified atom stereocenters. The van der Waals surface area contributed by atoms with E-state index in [2.05, 4.69) is 29.6 Å². The average molecular weight is 280 g/mol. The van der Waals surface area contributed by atoms with Crippen LogP contribution in [0.2, 0.25) is 0 Å². The molecular weight excluding hydrogens is 263 g/mol. The summed E-state index contributed by atoms with van der Waals surface area (Å²) in [5.74, 6) is 0.0585. The fraction of sp³-hybridized carbons (Fsp3) is 0.278. The van der Waals surface area contributed by atoms with Gasteiger partial charge < -0.3 is 5.32 Å². The second-order valence-electron chi connectivity index (χ2n) is 5.48. The Labute approximate surface area is 124 Å². The highest BCUT2D eigenvalue weighted by Crippen LogP contribution is 2.31. The molecule has 2 nitrogen and oxygen atoms in total. The fourth-order valence-corrected chi connectivity index (χ4v) is 3.03. The van der Waals surface area contributed by atoms with Gasteiger partial charge in [0, 0.05) is 12.5 Å². The maximum atomic E-state index is 13.9. The molecule has 0 spiro atoms. The molecule has 2 aromatic rings. The van der Waals surface area contributed by atoms with Crippen LogP contribution < -0.4 is 5.32 Å². The summed E-state index contributed by atoms with van der Waals surface area (Å²) < 4.78 is 13.9. The minimum atomic E-state index is -0.363. The Morgan fingerprint density at radius 1 is 1.24 bits per heavy atom. The molecule has 0 amide bonds. The zero-order chi connectivity index (χ0) is 14.7. The lowest BCUT2D eigenvalue weighted by Gasteiger charge is -2.26. The Morgan fingerprint density at radius 2 is 2.10 bits per heavy atom. The Kier molecular flexibility index (Phi) is 3.87. The number of anilines is 1. The molecule has 0 aromatic heterocycles. The zero-order valence-electron chi connectivity index (χ0n) is 11.8. The fourth-order valence-electron chi connectivity index (χ4n) is 3.03. The second-order valence-corrected chi connectivity index (χ2v) is 5.48. The van der Waals surface area contributed by atoms with Crippen LogP contribution in [0.15, 0.2) is 42.5 Å². The number of benzene rings is 2. The summed E-state index contributed by atoms with van der Waals surface area (Å²) >= 11 is 0. The van der Waals surface area contributed by atoms with Gasteiger partial charge in [-0.15, -0.1) is 0 Å². The van der Waals surface area contributed by atoms with Crippen molar-refractivity contribution < 1.29 is 4.39 Å². The van der Waals surface area contributed by atoms with E-state index in [9.17, 15) is 4.39 Å². The van der Waals surface area contributed by atoms with Crippen molar-refractivity contribution in [2.24, 2.45) is 0 Å². The van der Waals surface area contributed by atoms with Gasteiger partial charge in [-0.05, 0) is 48.6 Å². The predicted molar refractivity (Wildman–Crippen MR) is 81.7 cm³/mol. The number of hydrogen-bond acceptors (Lipinski definition) is 2. The number of rotatable bonds is 3. The molecule has 0 saturated carbocycles. The summed E-state index contributed by atoms with van der Waals surface area (Å²) in [6.45, 7) is 0.722. The van der Waals surface area contributed by atoms with Gasteiger partial charge in [0.1, 0.15) is 5.82 Å². The molecule has 1 aliphatic carbocycles. The van der Waals surface area contributed by atoms with Crippen LogP contribution in [0.5, 0.6) is 0 Å². The Hall–Kier alpha value is -2.34. The smallest absolute Gasteiger partial charge is 0.147 e. The summed E-state index contributed by atoms with van der Waals surface area (Å²) in [5.41, 5.74) is 3.61. The van der Waals surface area contributed by atoms with Crippen molar-refractivity contribution in [2.75, 3.05) is 11.9 Å². The molecule has 1 aliphatic rings. The summed E-state index contributed by atoms with van der Waals surface area (Å²) in [7, 11) is 0. The molecule has 0 saturated heterocycles. The van der Waals surface area contributed by atoms with Crippen LogP contribution >= 0.6 is 0 Å². The lowest BCUT2D eigenvalue weighted by atomic mass is 9.83. The third-order valence-electron chi connectivity index (χ3n) is 4.13. The quantitative estimate of drug-likeness (QED) is 0.913. The van der Waals surface area contributed by atoms with E-state index >= 15 is 0 Å². The van der Waals surface area contributed by atoms with Crippen LogP contribution in [0, 0.1) is 17.1 Å². The van der Waals surface area contributed by atoms with E-state index in [-0.39, 0.29) is 5.82 Å². The standard InChI is InChI=1S/C18H17FN2/c19-17-10-13(11-20)8-9-18(17)21-12-15-6-3-5-14-4-1-2-7-16(14)15/h1-2,4,7-10,15,21H,3,5-6,12H2. The van der Waals surface area contributed by atoms with Crippen LogP contribution in [0.4, 0.5) is 10.1 Å². The third-order valence-corrected chi connectivity index (χ3v) is 4.13. The first kappa shape index (κ1) is 13.6. The predicted octanol–water partition coefficient (Wildman–Crippen LogP) is 4.23. The Balaban J connectivity index is 1.73. The number of hydrogen-bond donors (Lipinski definition) is 1. The van der Waals surface area contributed by atoms with E-state index in [4.69, 9.17) is 5.26 Å². The van der Waals surface area contributed by atoms with Crippen molar-refractivity contribution in [3.63, 3.8) is 0 Å². The number of aryl methyl sites for hydroxylation is 1. The highest BCUT2D eigenvalue weighted by Gasteiger charge is 2.19. The largest absolute Gasteiger partial charge is 0.382 e. The van der Waals surface area contributed by atoms with E-state index in [0.29, 0.717) is 17.2 Å². The van der Waals surface area contributed by atoms with Gasteiger partial charge in [0.05, 0.1) is 17.3 Å². The van der Waals surface area contributed by atoms with Gasteiger partial charge in [-0.25, -0.2) is 4.39 Å². The minimum Gasteiger partial charge on any atom is -0.382 e. The first-order valence-electron chi connectivity index (χ1n) is 7.29. The topological polar surface area (TPSA) is 35.8 Å². The molecular formula is C18H17FN2. The molecule has 3 heteroatoms. The van der Waals surface area contributed by atoms with Gasteiger partial charge >= 0.3 is 0 Å². The summed E-state index contributed by atoms with van der Waals surface area (Å²) in [6, 6.07) is 15.0. The molecule has 1 N–H and O–H groups in total. The zero-order valence-corrected chi connectivity index (χ0v) is 11.8. The number of fused-ring (bicyclic) bond motifs is 1.